The Morgan fingerprint density at radius 2 is 1.67 bits per heavy atom. The van der Waals surface area contributed by atoms with E-state index in [1.165, 1.54) is 0 Å². The van der Waals surface area contributed by atoms with Gasteiger partial charge in [0.1, 0.15) is 6.33 Å². The number of nitrogens with zero attached hydrogens (tertiary/aromatic N) is 2. The third-order valence-electron chi connectivity index (χ3n) is 2.21. The lowest BCUT2D eigenvalue weighted by Crippen LogP contribution is -2.08. The predicted octanol–water partition coefficient (Wildman–Crippen LogP) is 3.96. The second-order valence-corrected chi connectivity index (χ2v) is 5.95. The van der Waals surface area contributed by atoms with Crippen molar-refractivity contribution in [2.24, 2.45) is 0 Å². The highest BCUT2D eigenvalue weighted by Gasteiger charge is 2.19. The van der Waals surface area contributed by atoms with Gasteiger partial charge in [-0.15, -0.1) is 0 Å². The monoisotopic (exact) mass is 266 g/mol. The molecule has 0 saturated heterocycles. The maximum atomic E-state index is 5.88. The van der Waals surface area contributed by atoms with Crippen molar-refractivity contribution in [2.75, 3.05) is 0 Å². The Bertz CT molecular complexity index is 500. The molecule has 0 fully saturated rings. The Balaban J connectivity index is 2.34. The molecule has 18 heavy (non-hydrogen) atoms. The minimum atomic E-state index is -1.14. The van der Waals surface area contributed by atoms with Crippen molar-refractivity contribution in [1.82, 2.24) is 9.32 Å². The van der Waals surface area contributed by atoms with Gasteiger partial charge in [0, 0.05) is 0 Å². The van der Waals surface area contributed by atoms with Gasteiger partial charge in [0.2, 0.25) is 0 Å². The summed E-state index contributed by atoms with van der Waals surface area (Å²) in [6.07, 6.45) is 2.04. The lowest BCUT2D eigenvalue weighted by atomic mass is 10.3. The quantitative estimate of drug-likeness (QED) is 0.768. The van der Waals surface area contributed by atoms with E-state index in [-0.39, 0.29) is 12.2 Å². The number of imidazole rings is 1. The van der Waals surface area contributed by atoms with E-state index in [1.807, 2.05) is 56.3 Å². The fourth-order valence-corrected chi connectivity index (χ4v) is 3.02. The highest BCUT2D eigenvalue weighted by molar-refractivity contribution is 7.45. The molecule has 0 spiro atoms. The topological polar surface area (TPSA) is 36.3 Å². The van der Waals surface area contributed by atoms with Crippen LogP contribution in [0.5, 0.6) is 0 Å². The Morgan fingerprint density at radius 1 is 1.06 bits per heavy atom. The second-order valence-electron chi connectivity index (χ2n) is 4.62. The molecule has 2 aromatic rings. The molecule has 0 saturated carbocycles. The summed E-state index contributed by atoms with van der Waals surface area (Å²) in [5, 5.41) is 0. The van der Waals surface area contributed by atoms with E-state index in [2.05, 4.69) is 4.98 Å². The van der Waals surface area contributed by atoms with Gasteiger partial charge >= 0.3 is 0 Å². The number of fused-ring (bicyclic) bond motifs is 1. The molecule has 5 heteroatoms. The van der Waals surface area contributed by atoms with E-state index < -0.39 is 8.53 Å². The van der Waals surface area contributed by atoms with E-state index >= 15 is 0 Å². The van der Waals surface area contributed by atoms with Crippen LogP contribution in [-0.2, 0) is 9.05 Å². The number of benzene rings is 1. The van der Waals surface area contributed by atoms with Crippen molar-refractivity contribution in [2.45, 2.75) is 39.9 Å². The predicted molar refractivity (Wildman–Crippen MR) is 74.5 cm³/mol. The van der Waals surface area contributed by atoms with Crippen LogP contribution in [0.1, 0.15) is 27.7 Å². The van der Waals surface area contributed by atoms with Gasteiger partial charge in [0.25, 0.3) is 8.53 Å². The average molecular weight is 266 g/mol. The molecule has 0 N–H and O–H groups in total. The van der Waals surface area contributed by atoms with Crippen LogP contribution in [0.2, 0.25) is 0 Å². The first-order valence-electron chi connectivity index (χ1n) is 6.14. The van der Waals surface area contributed by atoms with Crippen molar-refractivity contribution in [1.29, 1.82) is 0 Å². The third kappa shape index (κ3) is 3.08. The van der Waals surface area contributed by atoms with Crippen molar-refractivity contribution in [3.05, 3.63) is 30.6 Å². The van der Waals surface area contributed by atoms with Crippen LogP contribution in [0.4, 0.5) is 0 Å². The highest BCUT2D eigenvalue weighted by Crippen LogP contribution is 2.44. The molecule has 1 aromatic carbocycles. The molecule has 0 unspecified atom stereocenters. The maximum absolute atomic E-state index is 5.88. The molecule has 0 bridgehead atoms. The van der Waals surface area contributed by atoms with E-state index in [1.54, 1.807) is 6.33 Å². The molecule has 0 aliphatic rings. The van der Waals surface area contributed by atoms with Gasteiger partial charge < -0.3 is 9.05 Å². The molecule has 98 valence electrons. The van der Waals surface area contributed by atoms with Crippen LogP contribution < -0.4 is 0 Å². The first-order chi connectivity index (χ1) is 8.58. The van der Waals surface area contributed by atoms with Gasteiger partial charge in [0.05, 0.1) is 23.2 Å². The summed E-state index contributed by atoms with van der Waals surface area (Å²) >= 11 is 0. The van der Waals surface area contributed by atoms with Crippen LogP contribution in [0, 0.1) is 0 Å². The largest absolute Gasteiger partial charge is 0.314 e. The summed E-state index contributed by atoms with van der Waals surface area (Å²) in [6, 6.07) is 8.00. The fourth-order valence-electron chi connectivity index (χ4n) is 1.56. The van der Waals surface area contributed by atoms with Crippen molar-refractivity contribution in [3.63, 3.8) is 0 Å². The van der Waals surface area contributed by atoms with E-state index in [4.69, 9.17) is 9.05 Å². The van der Waals surface area contributed by atoms with E-state index in [0.29, 0.717) is 0 Å². The molecule has 4 nitrogen and oxygen atoms in total. The third-order valence-corrected chi connectivity index (χ3v) is 4.09. The standard InChI is InChI=1S/C13H19N2O2P/c1-10(2)16-18(17-11(3)4)15-9-14-12-7-5-6-8-13(12)15/h5-11H,1-4H3. The van der Waals surface area contributed by atoms with Gasteiger partial charge in [-0.3, -0.25) is 4.34 Å². The van der Waals surface area contributed by atoms with E-state index in [9.17, 15) is 0 Å². The molecular weight excluding hydrogens is 247 g/mol. The van der Waals surface area contributed by atoms with Crippen LogP contribution in [0.25, 0.3) is 11.0 Å². The molecular formula is C13H19N2O2P. The number of hydrogen-bond donors (Lipinski definition) is 0. The Hall–Kier alpha value is -0.960. The Labute approximate surface area is 109 Å². The maximum Gasteiger partial charge on any atom is 0.296 e. The molecule has 1 aromatic heterocycles. The SMILES string of the molecule is CC(C)OP(OC(C)C)n1cnc2ccccc21. The zero-order valence-corrected chi connectivity index (χ0v) is 12.1. The van der Waals surface area contributed by atoms with Crippen LogP contribution in [-0.4, -0.2) is 21.5 Å². The molecule has 0 radical (unpaired) electrons. The van der Waals surface area contributed by atoms with Crippen molar-refractivity contribution >= 4 is 19.6 Å². The number of rotatable bonds is 5. The van der Waals surface area contributed by atoms with Gasteiger partial charge in [-0.05, 0) is 39.8 Å². The highest BCUT2D eigenvalue weighted by atomic mass is 31.2. The van der Waals surface area contributed by atoms with Gasteiger partial charge in [-0.25, -0.2) is 4.98 Å². The number of aromatic nitrogens is 2. The normalized spacial score (nSPS) is 12.2. The molecule has 0 aliphatic heterocycles. The summed E-state index contributed by atoms with van der Waals surface area (Å²) < 4.78 is 13.7. The van der Waals surface area contributed by atoms with Gasteiger partial charge in [0.15, 0.2) is 0 Å². The fraction of sp³-hybridized carbons (Fsp3) is 0.462. The molecule has 0 aliphatic carbocycles. The summed E-state index contributed by atoms with van der Waals surface area (Å²) in [7, 11) is -1.14. The van der Waals surface area contributed by atoms with Crippen molar-refractivity contribution in [3.8, 4) is 0 Å². The number of para-hydroxylation sites is 2. The molecule has 1 heterocycles. The van der Waals surface area contributed by atoms with Crippen LogP contribution in [0.3, 0.4) is 0 Å². The summed E-state index contributed by atoms with van der Waals surface area (Å²) in [5.41, 5.74) is 2.01. The number of hydrogen-bond acceptors (Lipinski definition) is 3. The minimum absolute atomic E-state index is 0.121. The first kappa shape index (κ1) is 13.5. The Kier molecular flexibility index (Phi) is 4.33. The lowest BCUT2D eigenvalue weighted by molar-refractivity contribution is 0.173. The minimum Gasteiger partial charge on any atom is -0.314 e. The first-order valence-corrected chi connectivity index (χ1v) is 7.27. The molecule has 0 atom stereocenters. The Morgan fingerprint density at radius 3 is 2.28 bits per heavy atom. The van der Waals surface area contributed by atoms with Crippen LogP contribution >= 0.6 is 8.53 Å². The summed E-state index contributed by atoms with van der Waals surface area (Å²) in [6.45, 7) is 8.05. The van der Waals surface area contributed by atoms with Crippen LogP contribution in [0.15, 0.2) is 30.6 Å². The second kappa shape index (κ2) is 5.79. The summed E-state index contributed by atoms with van der Waals surface area (Å²) in [5.74, 6) is 0. The molecule has 0 amide bonds. The van der Waals surface area contributed by atoms with E-state index in [0.717, 1.165) is 11.0 Å². The van der Waals surface area contributed by atoms with Crippen molar-refractivity contribution < 1.29 is 9.05 Å². The zero-order chi connectivity index (χ0) is 13.1. The average Bonchev–Trinajstić information content (AvgIpc) is 2.70. The zero-order valence-electron chi connectivity index (χ0n) is 11.2. The van der Waals surface area contributed by atoms with Gasteiger partial charge in [-0.2, -0.15) is 0 Å². The lowest BCUT2D eigenvalue weighted by Gasteiger charge is -2.22. The molecule has 2 rings (SSSR count). The smallest absolute Gasteiger partial charge is 0.296 e. The summed E-state index contributed by atoms with van der Waals surface area (Å²) in [4.78, 5) is 4.37. The van der Waals surface area contributed by atoms with Gasteiger partial charge in [-0.1, -0.05) is 12.1 Å².